The number of hydrogen-bond donors (Lipinski definition) is 1. The first-order chi connectivity index (χ1) is 8.36. The highest BCUT2D eigenvalue weighted by molar-refractivity contribution is 7.99. The molecule has 0 amide bonds. The van der Waals surface area contributed by atoms with Gasteiger partial charge in [0.1, 0.15) is 0 Å². The third-order valence-electron chi connectivity index (χ3n) is 3.87. The van der Waals surface area contributed by atoms with Gasteiger partial charge in [0, 0.05) is 31.1 Å². The minimum atomic E-state index is 0.779. The summed E-state index contributed by atoms with van der Waals surface area (Å²) < 4.78 is 0. The molecule has 0 radical (unpaired) electrons. The molecule has 1 saturated carbocycles. The molecule has 0 aromatic heterocycles. The van der Waals surface area contributed by atoms with Crippen LogP contribution in [0.5, 0.6) is 0 Å². The minimum absolute atomic E-state index is 0.779. The molecule has 0 aromatic rings. The van der Waals surface area contributed by atoms with E-state index >= 15 is 0 Å². The molecule has 98 valence electrons. The Kier molecular flexibility index (Phi) is 5.49. The van der Waals surface area contributed by atoms with E-state index in [2.05, 4.69) is 9.89 Å². The molecule has 1 aliphatic carbocycles. The summed E-state index contributed by atoms with van der Waals surface area (Å²) in [6.07, 6.45) is 8.35. The van der Waals surface area contributed by atoms with E-state index in [-0.39, 0.29) is 0 Å². The van der Waals surface area contributed by atoms with Crippen LogP contribution in [0.25, 0.3) is 0 Å². The fourth-order valence-electron chi connectivity index (χ4n) is 2.73. The van der Waals surface area contributed by atoms with Gasteiger partial charge in [-0.3, -0.25) is 4.99 Å². The summed E-state index contributed by atoms with van der Waals surface area (Å²) in [7, 11) is 0. The fourth-order valence-corrected chi connectivity index (χ4v) is 3.63. The zero-order valence-corrected chi connectivity index (χ0v) is 11.6. The summed E-state index contributed by atoms with van der Waals surface area (Å²) >= 11 is 2.01. The lowest BCUT2D eigenvalue weighted by atomic mass is 9.87. The van der Waals surface area contributed by atoms with E-state index in [0.717, 1.165) is 31.5 Å². The van der Waals surface area contributed by atoms with Crippen molar-refractivity contribution in [3.05, 3.63) is 0 Å². The number of nitrogens with zero attached hydrogens (tertiary/aromatic N) is 2. The minimum Gasteiger partial charge on any atom is -0.370 e. The average Bonchev–Trinajstić information content (AvgIpc) is 2.41. The topological polar surface area (TPSA) is 41.6 Å². The predicted octanol–water partition coefficient (Wildman–Crippen LogP) is 2.32. The molecule has 0 atom stereocenters. The Morgan fingerprint density at radius 3 is 2.59 bits per heavy atom. The van der Waals surface area contributed by atoms with E-state index in [9.17, 15) is 0 Å². The van der Waals surface area contributed by atoms with Gasteiger partial charge in [0.25, 0.3) is 0 Å². The molecule has 1 heterocycles. The lowest BCUT2D eigenvalue weighted by Gasteiger charge is -2.27. The molecule has 2 rings (SSSR count). The SMILES string of the molecule is NC(=NCCC1CCCCC1)N1CCSCC1. The monoisotopic (exact) mass is 255 g/mol. The smallest absolute Gasteiger partial charge is 0.191 e. The predicted molar refractivity (Wildman–Crippen MR) is 76.6 cm³/mol. The van der Waals surface area contributed by atoms with E-state index in [0.29, 0.717) is 0 Å². The molecule has 2 N–H and O–H groups in total. The highest BCUT2D eigenvalue weighted by Crippen LogP contribution is 2.26. The maximum Gasteiger partial charge on any atom is 0.191 e. The van der Waals surface area contributed by atoms with Crippen LogP contribution in [0.1, 0.15) is 38.5 Å². The second kappa shape index (κ2) is 7.14. The quantitative estimate of drug-likeness (QED) is 0.621. The van der Waals surface area contributed by atoms with Crippen molar-refractivity contribution in [1.29, 1.82) is 0 Å². The van der Waals surface area contributed by atoms with Gasteiger partial charge in [-0.25, -0.2) is 0 Å². The van der Waals surface area contributed by atoms with Crippen molar-refractivity contribution >= 4 is 17.7 Å². The number of hydrogen-bond acceptors (Lipinski definition) is 2. The average molecular weight is 255 g/mol. The molecule has 0 aromatic carbocycles. The number of nitrogens with two attached hydrogens (primary N) is 1. The Balaban J connectivity index is 1.67. The van der Waals surface area contributed by atoms with Gasteiger partial charge >= 0.3 is 0 Å². The molecule has 0 spiro atoms. The summed E-state index contributed by atoms with van der Waals surface area (Å²) in [6, 6.07) is 0. The van der Waals surface area contributed by atoms with Crippen LogP contribution < -0.4 is 5.73 Å². The summed E-state index contributed by atoms with van der Waals surface area (Å²) in [5.74, 6) is 4.08. The van der Waals surface area contributed by atoms with Gasteiger partial charge in [-0.2, -0.15) is 11.8 Å². The maximum atomic E-state index is 6.03. The molecule has 0 unspecified atom stereocenters. The molecular weight excluding hydrogens is 230 g/mol. The van der Waals surface area contributed by atoms with E-state index in [4.69, 9.17) is 5.73 Å². The van der Waals surface area contributed by atoms with Gasteiger partial charge < -0.3 is 10.6 Å². The van der Waals surface area contributed by atoms with Gasteiger partial charge in [-0.1, -0.05) is 32.1 Å². The zero-order valence-electron chi connectivity index (χ0n) is 10.7. The van der Waals surface area contributed by atoms with Gasteiger partial charge in [-0.05, 0) is 12.3 Å². The third kappa shape index (κ3) is 4.41. The van der Waals surface area contributed by atoms with Crippen molar-refractivity contribution in [2.45, 2.75) is 38.5 Å². The first kappa shape index (κ1) is 13.1. The first-order valence-corrected chi connectivity index (χ1v) is 8.14. The van der Waals surface area contributed by atoms with Crippen molar-refractivity contribution in [1.82, 2.24) is 4.90 Å². The van der Waals surface area contributed by atoms with E-state index < -0.39 is 0 Å². The fraction of sp³-hybridized carbons (Fsp3) is 0.923. The Morgan fingerprint density at radius 2 is 1.88 bits per heavy atom. The molecule has 4 heteroatoms. The van der Waals surface area contributed by atoms with Crippen molar-refractivity contribution in [3.63, 3.8) is 0 Å². The van der Waals surface area contributed by atoms with Crippen LogP contribution in [0.4, 0.5) is 0 Å². The summed E-state index contributed by atoms with van der Waals surface area (Å²) in [4.78, 5) is 6.79. The Hall–Kier alpha value is -0.380. The van der Waals surface area contributed by atoms with Crippen molar-refractivity contribution in [2.24, 2.45) is 16.6 Å². The number of aliphatic imine (C=N–C) groups is 1. The van der Waals surface area contributed by atoms with Crippen LogP contribution in [0, 0.1) is 5.92 Å². The Morgan fingerprint density at radius 1 is 1.18 bits per heavy atom. The van der Waals surface area contributed by atoms with E-state index in [1.54, 1.807) is 0 Å². The van der Waals surface area contributed by atoms with Crippen molar-refractivity contribution in [2.75, 3.05) is 31.1 Å². The number of rotatable bonds is 3. The molecule has 1 aliphatic heterocycles. The van der Waals surface area contributed by atoms with Crippen LogP contribution in [-0.4, -0.2) is 42.0 Å². The lowest BCUT2D eigenvalue weighted by molar-refractivity contribution is 0.342. The zero-order chi connectivity index (χ0) is 11.9. The first-order valence-electron chi connectivity index (χ1n) is 6.99. The Bertz CT molecular complexity index is 243. The third-order valence-corrected chi connectivity index (χ3v) is 4.81. The molecule has 1 saturated heterocycles. The summed E-state index contributed by atoms with van der Waals surface area (Å²) in [5, 5.41) is 0. The molecule has 2 fully saturated rings. The molecule has 2 aliphatic rings. The molecule has 17 heavy (non-hydrogen) atoms. The molecule has 3 nitrogen and oxygen atoms in total. The number of guanidine groups is 1. The van der Waals surface area contributed by atoms with E-state index in [1.807, 2.05) is 11.8 Å². The number of thioether (sulfide) groups is 1. The lowest BCUT2D eigenvalue weighted by Crippen LogP contribution is -2.42. The molecular formula is C13H25N3S. The van der Waals surface area contributed by atoms with Crippen molar-refractivity contribution in [3.8, 4) is 0 Å². The van der Waals surface area contributed by atoms with Crippen LogP contribution in [0.15, 0.2) is 4.99 Å². The molecule has 0 bridgehead atoms. The second-order valence-electron chi connectivity index (χ2n) is 5.13. The van der Waals surface area contributed by atoms with Gasteiger partial charge in [0.05, 0.1) is 0 Å². The Labute approximate surface area is 109 Å². The largest absolute Gasteiger partial charge is 0.370 e. The standard InChI is InChI=1S/C13H25N3S/c14-13(16-8-10-17-11-9-16)15-7-6-12-4-2-1-3-5-12/h12H,1-11H2,(H2,14,15). The van der Waals surface area contributed by atoms with E-state index in [1.165, 1.54) is 50.0 Å². The van der Waals surface area contributed by atoms with Crippen LogP contribution in [0.3, 0.4) is 0 Å². The summed E-state index contributed by atoms with van der Waals surface area (Å²) in [5.41, 5.74) is 6.03. The van der Waals surface area contributed by atoms with Crippen LogP contribution >= 0.6 is 11.8 Å². The highest BCUT2D eigenvalue weighted by atomic mass is 32.2. The maximum absolute atomic E-state index is 6.03. The van der Waals surface area contributed by atoms with Gasteiger partial charge in [0.2, 0.25) is 0 Å². The van der Waals surface area contributed by atoms with Crippen molar-refractivity contribution < 1.29 is 0 Å². The summed E-state index contributed by atoms with van der Waals surface area (Å²) in [6.45, 7) is 3.08. The highest BCUT2D eigenvalue weighted by Gasteiger charge is 2.14. The van der Waals surface area contributed by atoms with Crippen LogP contribution in [0.2, 0.25) is 0 Å². The van der Waals surface area contributed by atoms with Gasteiger partial charge in [-0.15, -0.1) is 0 Å². The second-order valence-corrected chi connectivity index (χ2v) is 6.36. The normalized spacial score (nSPS) is 24.0. The van der Waals surface area contributed by atoms with Gasteiger partial charge in [0.15, 0.2) is 5.96 Å². The van der Waals surface area contributed by atoms with Crippen LogP contribution in [-0.2, 0) is 0 Å².